The number of benzene rings is 1. The van der Waals surface area contributed by atoms with E-state index in [1.165, 1.54) is 18.2 Å². The number of aliphatic carboxylic acids is 1. The zero-order valence-corrected chi connectivity index (χ0v) is 13.3. The minimum absolute atomic E-state index is 0.0879. The zero-order valence-electron chi connectivity index (χ0n) is 10.9. The van der Waals surface area contributed by atoms with E-state index >= 15 is 0 Å². The molecule has 0 amide bonds. The Morgan fingerprint density at radius 1 is 1.35 bits per heavy atom. The summed E-state index contributed by atoms with van der Waals surface area (Å²) >= 11 is 11.5. The van der Waals surface area contributed by atoms with Crippen molar-refractivity contribution in [1.29, 1.82) is 0 Å². The minimum Gasteiger partial charge on any atom is -0.480 e. The second-order valence-electron chi connectivity index (χ2n) is 4.40. The number of hydrogen-bond acceptors (Lipinski definition) is 3. The number of halogens is 2. The van der Waals surface area contributed by atoms with E-state index in [0.29, 0.717) is 6.42 Å². The molecule has 2 N–H and O–H groups in total. The maximum absolute atomic E-state index is 12.2. The lowest BCUT2D eigenvalue weighted by atomic mass is 10.0. The van der Waals surface area contributed by atoms with Crippen LogP contribution in [0.25, 0.3) is 0 Å². The summed E-state index contributed by atoms with van der Waals surface area (Å²) in [7, 11) is -3.97. The van der Waals surface area contributed by atoms with Gasteiger partial charge < -0.3 is 5.11 Å². The van der Waals surface area contributed by atoms with Gasteiger partial charge in [-0.05, 0) is 24.1 Å². The third kappa shape index (κ3) is 4.09. The first kappa shape index (κ1) is 17.2. The molecule has 1 aromatic carbocycles. The summed E-state index contributed by atoms with van der Waals surface area (Å²) in [4.78, 5) is 11.0. The lowest BCUT2D eigenvalue weighted by molar-refractivity contribution is -0.140. The molecule has 0 aromatic heterocycles. The highest BCUT2D eigenvalue weighted by Crippen LogP contribution is 2.25. The van der Waals surface area contributed by atoms with E-state index < -0.39 is 22.0 Å². The number of sulfonamides is 1. The van der Waals surface area contributed by atoms with Crippen LogP contribution in [0.1, 0.15) is 20.3 Å². The maximum atomic E-state index is 12.2. The molecule has 5 nitrogen and oxygen atoms in total. The van der Waals surface area contributed by atoms with Crippen LogP contribution >= 0.6 is 23.2 Å². The van der Waals surface area contributed by atoms with Crippen LogP contribution in [0.3, 0.4) is 0 Å². The van der Waals surface area contributed by atoms with Crippen molar-refractivity contribution in [3.8, 4) is 0 Å². The predicted molar refractivity (Wildman–Crippen MR) is 77.7 cm³/mol. The SMILES string of the molecule is CC[C@H](C)[C@H](NS(=O)(=O)c1ccc(Cl)c(Cl)c1)C(=O)O. The first-order valence-corrected chi connectivity index (χ1v) is 8.13. The third-order valence-electron chi connectivity index (χ3n) is 2.96. The standard InChI is InChI=1S/C12H15Cl2NO4S/c1-3-7(2)11(12(16)17)15-20(18,19)8-4-5-9(13)10(14)6-8/h4-7,11,15H,3H2,1-2H3,(H,16,17)/t7-,11-/m0/s1. The second-order valence-corrected chi connectivity index (χ2v) is 6.93. The summed E-state index contributed by atoms with van der Waals surface area (Å²) in [6.45, 7) is 3.45. The van der Waals surface area contributed by atoms with E-state index in [9.17, 15) is 13.2 Å². The first-order valence-electron chi connectivity index (χ1n) is 5.89. The summed E-state index contributed by atoms with van der Waals surface area (Å²) < 4.78 is 26.5. The average Bonchev–Trinajstić information content (AvgIpc) is 2.38. The van der Waals surface area contributed by atoms with Gasteiger partial charge in [0, 0.05) is 0 Å². The number of rotatable bonds is 6. The van der Waals surface area contributed by atoms with Gasteiger partial charge in [0.1, 0.15) is 6.04 Å². The van der Waals surface area contributed by atoms with Crippen molar-refractivity contribution in [2.45, 2.75) is 31.2 Å². The molecular weight excluding hydrogens is 325 g/mol. The van der Waals surface area contributed by atoms with E-state index in [1.54, 1.807) is 13.8 Å². The molecule has 20 heavy (non-hydrogen) atoms. The summed E-state index contributed by atoms with van der Waals surface area (Å²) in [5.74, 6) is -1.56. The Kier molecular flexibility index (Phi) is 5.82. The van der Waals surface area contributed by atoms with Crippen molar-refractivity contribution < 1.29 is 18.3 Å². The maximum Gasteiger partial charge on any atom is 0.322 e. The Labute approximate surface area is 127 Å². The Hall–Kier alpha value is -0.820. The first-order chi connectivity index (χ1) is 9.19. The Balaban J connectivity index is 3.09. The van der Waals surface area contributed by atoms with Crippen LogP contribution in [0.4, 0.5) is 0 Å². The quantitative estimate of drug-likeness (QED) is 0.834. The van der Waals surface area contributed by atoms with Crippen LogP contribution in [0.2, 0.25) is 10.0 Å². The van der Waals surface area contributed by atoms with Crippen LogP contribution < -0.4 is 4.72 Å². The van der Waals surface area contributed by atoms with Crippen molar-refractivity contribution in [1.82, 2.24) is 4.72 Å². The van der Waals surface area contributed by atoms with Gasteiger partial charge in [-0.3, -0.25) is 4.79 Å². The number of nitrogens with one attached hydrogen (secondary N) is 1. The molecule has 0 saturated carbocycles. The van der Waals surface area contributed by atoms with Crippen molar-refractivity contribution >= 4 is 39.2 Å². The molecule has 112 valence electrons. The van der Waals surface area contributed by atoms with E-state index in [4.69, 9.17) is 28.3 Å². The largest absolute Gasteiger partial charge is 0.480 e. The molecule has 1 aromatic rings. The number of carboxylic acid groups (broad SMARTS) is 1. The van der Waals surface area contributed by atoms with Crippen molar-refractivity contribution in [2.75, 3.05) is 0 Å². The highest BCUT2D eigenvalue weighted by atomic mass is 35.5. The zero-order chi connectivity index (χ0) is 15.5. The van der Waals surface area contributed by atoms with Gasteiger partial charge in [0.25, 0.3) is 0 Å². The predicted octanol–water partition coefficient (Wildman–Crippen LogP) is 2.77. The third-order valence-corrected chi connectivity index (χ3v) is 5.14. The van der Waals surface area contributed by atoms with Gasteiger partial charge in [0.2, 0.25) is 10.0 Å². The molecule has 0 radical (unpaired) electrons. The van der Waals surface area contributed by atoms with Gasteiger partial charge in [-0.25, -0.2) is 8.42 Å². The molecule has 0 unspecified atom stereocenters. The number of carboxylic acids is 1. The molecule has 2 atom stereocenters. The van der Waals surface area contributed by atoms with E-state index in [-0.39, 0.29) is 20.9 Å². The fourth-order valence-electron chi connectivity index (χ4n) is 1.52. The molecule has 0 saturated heterocycles. The fraction of sp³-hybridized carbons (Fsp3) is 0.417. The second kappa shape index (κ2) is 6.76. The molecule has 8 heteroatoms. The summed E-state index contributed by atoms with van der Waals surface area (Å²) in [5.41, 5.74) is 0. The lowest BCUT2D eigenvalue weighted by Gasteiger charge is -2.20. The fourth-order valence-corrected chi connectivity index (χ4v) is 3.21. The molecular formula is C12H15Cl2NO4S. The molecule has 0 bridgehead atoms. The van der Waals surface area contributed by atoms with Crippen LogP contribution in [0.5, 0.6) is 0 Å². The summed E-state index contributed by atoms with van der Waals surface area (Å²) in [6, 6.07) is 2.60. The van der Waals surface area contributed by atoms with Crippen molar-refractivity contribution in [3.05, 3.63) is 28.2 Å². The topological polar surface area (TPSA) is 83.5 Å². The highest BCUT2D eigenvalue weighted by Gasteiger charge is 2.29. The summed E-state index contributed by atoms with van der Waals surface area (Å²) in [5, 5.41) is 9.42. The Morgan fingerprint density at radius 3 is 2.40 bits per heavy atom. The van der Waals surface area contributed by atoms with Gasteiger partial charge in [0.15, 0.2) is 0 Å². The molecule has 0 aliphatic carbocycles. The molecule has 0 heterocycles. The van der Waals surface area contributed by atoms with Gasteiger partial charge in [0.05, 0.1) is 14.9 Å². The Morgan fingerprint density at radius 2 is 1.95 bits per heavy atom. The van der Waals surface area contributed by atoms with Gasteiger partial charge >= 0.3 is 5.97 Å². The number of hydrogen-bond donors (Lipinski definition) is 2. The monoisotopic (exact) mass is 339 g/mol. The van der Waals surface area contributed by atoms with Crippen LogP contribution in [-0.4, -0.2) is 25.5 Å². The van der Waals surface area contributed by atoms with Crippen LogP contribution in [-0.2, 0) is 14.8 Å². The number of carbonyl (C=O) groups is 1. The van der Waals surface area contributed by atoms with Crippen LogP contribution in [0, 0.1) is 5.92 Å². The molecule has 0 spiro atoms. The van der Waals surface area contributed by atoms with Gasteiger partial charge in [-0.1, -0.05) is 43.5 Å². The van der Waals surface area contributed by atoms with E-state index in [2.05, 4.69) is 4.72 Å². The normalized spacial score (nSPS) is 14.8. The smallest absolute Gasteiger partial charge is 0.322 e. The van der Waals surface area contributed by atoms with Crippen molar-refractivity contribution in [2.24, 2.45) is 5.92 Å². The van der Waals surface area contributed by atoms with Gasteiger partial charge in [-0.15, -0.1) is 0 Å². The van der Waals surface area contributed by atoms with E-state index in [1.807, 2.05) is 0 Å². The molecule has 0 aliphatic heterocycles. The van der Waals surface area contributed by atoms with E-state index in [0.717, 1.165) is 0 Å². The molecule has 0 aliphatic rings. The summed E-state index contributed by atoms with van der Waals surface area (Å²) in [6.07, 6.45) is 0.529. The average molecular weight is 340 g/mol. The minimum atomic E-state index is -3.97. The van der Waals surface area contributed by atoms with Crippen LogP contribution in [0.15, 0.2) is 23.1 Å². The molecule has 0 fully saturated rings. The Bertz CT molecular complexity index is 603. The highest BCUT2D eigenvalue weighted by molar-refractivity contribution is 7.89. The lowest BCUT2D eigenvalue weighted by Crippen LogP contribution is -2.44. The van der Waals surface area contributed by atoms with Gasteiger partial charge in [-0.2, -0.15) is 4.72 Å². The molecule has 1 rings (SSSR count). The van der Waals surface area contributed by atoms with Crippen molar-refractivity contribution in [3.63, 3.8) is 0 Å².